The number of rotatable bonds is 8. The summed E-state index contributed by atoms with van der Waals surface area (Å²) in [5.74, 6) is 3.31. The van der Waals surface area contributed by atoms with Crippen molar-refractivity contribution in [1.29, 1.82) is 0 Å². The zero-order chi connectivity index (χ0) is 10.9. The van der Waals surface area contributed by atoms with Gasteiger partial charge >= 0.3 is 0 Å². The maximum atomic E-state index is 5.26. The molecule has 0 saturated heterocycles. The Morgan fingerprint density at radius 2 is 2.27 bits per heavy atom. The van der Waals surface area contributed by atoms with Crippen molar-refractivity contribution in [2.24, 2.45) is 0 Å². The molecule has 1 aromatic heterocycles. The van der Waals surface area contributed by atoms with Crippen LogP contribution in [0.5, 0.6) is 0 Å². The minimum absolute atomic E-state index is 0.612. The third-order valence-corrected chi connectivity index (χ3v) is 3.16. The van der Waals surface area contributed by atoms with Crippen molar-refractivity contribution in [2.75, 3.05) is 12.3 Å². The van der Waals surface area contributed by atoms with Gasteiger partial charge in [0.15, 0.2) is 0 Å². The Balaban J connectivity index is 1.85. The fourth-order valence-corrected chi connectivity index (χ4v) is 2.21. The second-order valence-corrected chi connectivity index (χ2v) is 5.05. The Morgan fingerprint density at radius 3 is 2.93 bits per heavy atom. The highest BCUT2D eigenvalue weighted by atomic mass is 32.2. The zero-order valence-corrected chi connectivity index (χ0v) is 10.5. The maximum absolute atomic E-state index is 5.26. The molecule has 0 amide bonds. The van der Waals surface area contributed by atoms with E-state index < -0.39 is 0 Å². The smallest absolute Gasteiger partial charge is 0.113 e. The van der Waals surface area contributed by atoms with Crippen molar-refractivity contribution in [2.45, 2.75) is 38.5 Å². The Kier molecular flexibility index (Phi) is 6.60. The first kappa shape index (κ1) is 12.7. The summed E-state index contributed by atoms with van der Waals surface area (Å²) in [7, 11) is 0. The lowest BCUT2D eigenvalue weighted by molar-refractivity contribution is 0.530. The highest BCUT2D eigenvalue weighted by molar-refractivity contribution is 7.98. The third kappa shape index (κ3) is 6.63. The molecule has 2 nitrogen and oxygen atoms in total. The van der Waals surface area contributed by atoms with Crippen molar-refractivity contribution in [3.05, 3.63) is 24.2 Å². The number of hydrogen-bond acceptors (Lipinski definition) is 3. The van der Waals surface area contributed by atoms with E-state index in [-0.39, 0.29) is 0 Å². The molecule has 15 heavy (non-hydrogen) atoms. The van der Waals surface area contributed by atoms with E-state index in [0.717, 1.165) is 18.1 Å². The van der Waals surface area contributed by atoms with Gasteiger partial charge in [0.25, 0.3) is 0 Å². The first-order valence-electron chi connectivity index (χ1n) is 5.62. The molecule has 1 aromatic rings. The van der Waals surface area contributed by atoms with E-state index in [2.05, 4.69) is 19.2 Å². The van der Waals surface area contributed by atoms with Gasteiger partial charge in [0.2, 0.25) is 0 Å². The predicted molar refractivity (Wildman–Crippen MR) is 67.2 cm³/mol. The first-order valence-corrected chi connectivity index (χ1v) is 6.78. The average Bonchev–Trinajstić information content (AvgIpc) is 2.68. The molecule has 0 saturated carbocycles. The van der Waals surface area contributed by atoms with E-state index in [1.807, 2.05) is 23.9 Å². The molecule has 0 atom stereocenters. The number of unbranched alkanes of at least 4 members (excludes halogenated alkanes) is 1. The molecule has 0 aromatic carbocycles. The fourth-order valence-electron chi connectivity index (χ4n) is 1.29. The van der Waals surface area contributed by atoms with Gasteiger partial charge in [-0.25, -0.2) is 0 Å². The van der Waals surface area contributed by atoms with Gasteiger partial charge in [-0.3, -0.25) is 0 Å². The van der Waals surface area contributed by atoms with E-state index in [4.69, 9.17) is 4.42 Å². The molecule has 0 aliphatic carbocycles. The molecule has 0 bridgehead atoms. The largest absolute Gasteiger partial charge is 0.468 e. The summed E-state index contributed by atoms with van der Waals surface area (Å²) < 4.78 is 5.26. The summed E-state index contributed by atoms with van der Waals surface area (Å²) in [6, 6.07) is 4.59. The van der Waals surface area contributed by atoms with Gasteiger partial charge in [-0.15, -0.1) is 0 Å². The van der Waals surface area contributed by atoms with Crippen molar-refractivity contribution in [3.63, 3.8) is 0 Å². The van der Waals surface area contributed by atoms with E-state index >= 15 is 0 Å². The highest BCUT2D eigenvalue weighted by Gasteiger charge is 1.96. The Bertz CT molecular complexity index is 234. The molecule has 86 valence electrons. The standard InChI is InChI=1S/C12H21NOS/c1-11(2)13-7-3-4-9-15-10-12-6-5-8-14-12/h5-6,8,11,13H,3-4,7,9-10H2,1-2H3. The third-order valence-electron chi connectivity index (χ3n) is 2.09. The Hall–Kier alpha value is -0.410. The van der Waals surface area contributed by atoms with Gasteiger partial charge in [-0.2, -0.15) is 11.8 Å². The quantitative estimate of drug-likeness (QED) is 0.690. The molecule has 0 unspecified atom stereocenters. The van der Waals surface area contributed by atoms with Crippen LogP contribution >= 0.6 is 11.8 Å². The lowest BCUT2D eigenvalue weighted by Crippen LogP contribution is -2.23. The van der Waals surface area contributed by atoms with Gasteiger partial charge in [-0.1, -0.05) is 13.8 Å². The topological polar surface area (TPSA) is 25.2 Å². The van der Waals surface area contributed by atoms with E-state index in [0.29, 0.717) is 6.04 Å². The molecular formula is C12H21NOS. The van der Waals surface area contributed by atoms with Gasteiger partial charge < -0.3 is 9.73 Å². The Morgan fingerprint density at radius 1 is 1.40 bits per heavy atom. The van der Waals surface area contributed by atoms with Gasteiger partial charge in [-0.05, 0) is 37.3 Å². The van der Waals surface area contributed by atoms with Crippen LogP contribution in [-0.4, -0.2) is 18.3 Å². The van der Waals surface area contributed by atoms with E-state index in [9.17, 15) is 0 Å². The predicted octanol–water partition coefficient (Wildman–Crippen LogP) is 3.29. The summed E-state index contributed by atoms with van der Waals surface area (Å²) in [5, 5.41) is 3.42. The van der Waals surface area contributed by atoms with Crippen LogP contribution < -0.4 is 5.32 Å². The first-order chi connectivity index (χ1) is 7.29. The summed E-state index contributed by atoms with van der Waals surface area (Å²) in [5.41, 5.74) is 0. The molecule has 3 heteroatoms. The number of nitrogens with one attached hydrogen (secondary N) is 1. The zero-order valence-electron chi connectivity index (χ0n) is 9.66. The van der Waals surface area contributed by atoms with Crippen LogP contribution in [0.3, 0.4) is 0 Å². The summed E-state index contributed by atoms with van der Waals surface area (Å²) >= 11 is 1.95. The second-order valence-electron chi connectivity index (χ2n) is 3.95. The monoisotopic (exact) mass is 227 g/mol. The molecule has 0 spiro atoms. The molecule has 0 fully saturated rings. The maximum Gasteiger partial charge on any atom is 0.113 e. The minimum Gasteiger partial charge on any atom is -0.468 e. The SMILES string of the molecule is CC(C)NCCCCSCc1ccco1. The molecule has 1 rings (SSSR count). The van der Waals surface area contributed by atoms with Crippen LogP contribution in [0.2, 0.25) is 0 Å². The lowest BCUT2D eigenvalue weighted by Gasteiger charge is -2.06. The normalized spacial score (nSPS) is 11.1. The van der Waals surface area contributed by atoms with Gasteiger partial charge in [0.1, 0.15) is 5.76 Å². The second kappa shape index (κ2) is 7.83. The molecule has 1 heterocycles. The summed E-state index contributed by atoms with van der Waals surface area (Å²) in [6.45, 7) is 5.51. The molecule has 0 aliphatic heterocycles. The van der Waals surface area contributed by atoms with Crippen LogP contribution in [-0.2, 0) is 5.75 Å². The van der Waals surface area contributed by atoms with Crippen molar-refractivity contribution in [1.82, 2.24) is 5.32 Å². The van der Waals surface area contributed by atoms with Crippen molar-refractivity contribution >= 4 is 11.8 Å². The van der Waals surface area contributed by atoms with Crippen LogP contribution in [0.4, 0.5) is 0 Å². The van der Waals surface area contributed by atoms with Gasteiger partial charge in [0, 0.05) is 6.04 Å². The molecular weight excluding hydrogens is 206 g/mol. The molecule has 0 aliphatic rings. The molecule has 0 radical (unpaired) electrons. The highest BCUT2D eigenvalue weighted by Crippen LogP contribution is 2.13. The van der Waals surface area contributed by atoms with Crippen LogP contribution in [0.25, 0.3) is 0 Å². The minimum atomic E-state index is 0.612. The van der Waals surface area contributed by atoms with Crippen LogP contribution in [0, 0.1) is 0 Å². The van der Waals surface area contributed by atoms with Gasteiger partial charge in [0.05, 0.1) is 12.0 Å². The number of furan rings is 1. The summed E-state index contributed by atoms with van der Waals surface area (Å²) in [6.07, 6.45) is 4.29. The van der Waals surface area contributed by atoms with E-state index in [1.54, 1.807) is 6.26 Å². The van der Waals surface area contributed by atoms with Crippen molar-refractivity contribution < 1.29 is 4.42 Å². The number of thioether (sulfide) groups is 1. The molecule has 1 N–H and O–H groups in total. The fraction of sp³-hybridized carbons (Fsp3) is 0.667. The van der Waals surface area contributed by atoms with Crippen LogP contribution in [0.15, 0.2) is 22.8 Å². The van der Waals surface area contributed by atoms with Crippen LogP contribution in [0.1, 0.15) is 32.4 Å². The number of hydrogen-bond donors (Lipinski definition) is 1. The lowest BCUT2D eigenvalue weighted by atomic mass is 10.3. The van der Waals surface area contributed by atoms with E-state index in [1.165, 1.54) is 18.6 Å². The summed E-state index contributed by atoms with van der Waals surface area (Å²) in [4.78, 5) is 0. The van der Waals surface area contributed by atoms with Crippen molar-refractivity contribution in [3.8, 4) is 0 Å². The average molecular weight is 227 g/mol. The Labute approximate surface area is 96.8 Å².